The molecule has 0 aromatic carbocycles. The van der Waals surface area contributed by atoms with Crippen molar-refractivity contribution >= 4 is 0 Å². The minimum Gasteiger partial charge on any atom is -0.370 e. The third-order valence-electron chi connectivity index (χ3n) is 2.05. The maximum Gasteiger partial charge on any atom is 0.0645 e. The van der Waals surface area contributed by atoms with Crippen molar-refractivity contribution in [3.63, 3.8) is 0 Å². The fourth-order valence-corrected chi connectivity index (χ4v) is 1.55. The van der Waals surface area contributed by atoms with E-state index in [9.17, 15) is 0 Å². The van der Waals surface area contributed by atoms with Gasteiger partial charge in [-0.2, -0.15) is 0 Å². The van der Waals surface area contributed by atoms with E-state index in [0.717, 1.165) is 12.8 Å². The number of ether oxygens (including phenoxy) is 1. The van der Waals surface area contributed by atoms with Gasteiger partial charge in [-0.3, -0.25) is 0 Å². The summed E-state index contributed by atoms with van der Waals surface area (Å²) >= 11 is 0. The molecule has 0 spiro atoms. The Hall–Kier alpha value is -0.120. The monoisotopic (exact) mass is 188 g/mol. The van der Waals surface area contributed by atoms with Crippen LogP contribution in [0.15, 0.2) is 0 Å². The standard InChI is InChI=1S/C10H24N2O/c1-9(2,5-7-11)13-10(3,4)6-8-12/h5-8,11-12H2,1-4H3. The highest BCUT2D eigenvalue weighted by Crippen LogP contribution is 2.24. The molecule has 0 atom stereocenters. The van der Waals surface area contributed by atoms with E-state index in [1.54, 1.807) is 0 Å². The maximum absolute atomic E-state index is 5.95. The molecule has 0 rings (SSSR count). The summed E-state index contributed by atoms with van der Waals surface area (Å²) in [6.07, 6.45) is 1.75. The molecule has 13 heavy (non-hydrogen) atoms. The van der Waals surface area contributed by atoms with Gasteiger partial charge in [0.25, 0.3) is 0 Å². The first-order valence-corrected chi connectivity index (χ1v) is 4.93. The second kappa shape index (κ2) is 4.94. The van der Waals surface area contributed by atoms with E-state index in [2.05, 4.69) is 27.7 Å². The van der Waals surface area contributed by atoms with Crippen molar-refractivity contribution in [1.82, 2.24) is 0 Å². The highest BCUT2D eigenvalue weighted by molar-refractivity contribution is 4.77. The molecule has 0 bridgehead atoms. The lowest BCUT2D eigenvalue weighted by Crippen LogP contribution is -2.39. The van der Waals surface area contributed by atoms with Gasteiger partial charge in [0, 0.05) is 0 Å². The third-order valence-corrected chi connectivity index (χ3v) is 2.05. The lowest BCUT2D eigenvalue weighted by atomic mass is 10.00. The van der Waals surface area contributed by atoms with Gasteiger partial charge < -0.3 is 16.2 Å². The molecule has 0 heterocycles. The number of hydrogen-bond acceptors (Lipinski definition) is 3. The lowest BCUT2D eigenvalue weighted by molar-refractivity contribution is -0.126. The summed E-state index contributed by atoms with van der Waals surface area (Å²) in [5, 5.41) is 0. The van der Waals surface area contributed by atoms with E-state index in [1.807, 2.05) is 0 Å². The average Bonchev–Trinajstić information content (AvgIpc) is 1.82. The van der Waals surface area contributed by atoms with Crippen molar-refractivity contribution in [3.8, 4) is 0 Å². The maximum atomic E-state index is 5.95. The van der Waals surface area contributed by atoms with Crippen LogP contribution >= 0.6 is 0 Å². The van der Waals surface area contributed by atoms with E-state index < -0.39 is 0 Å². The van der Waals surface area contributed by atoms with Crippen LogP contribution < -0.4 is 11.5 Å². The van der Waals surface area contributed by atoms with Gasteiger partial charge in [-0.15, -0.1) is 0 Å². The van der Waals surface area contributed by atoms with Gasteiger partial charge >= 0.3 is 0 Å². The van der Waals surface area contributed by atoms with Gasteiger partial charge in [-0.1, -0.05) is 0 Å². The van der Waals surface area contributed by atoms with Crippen molar-refractivity contribution in [2.24, 2.45) is 11.5 Å². The zero-order valence-corrected chi connectivity index (χ0v) is 9.39. The van der Waals surface area contributed by atoms with E-state index in [0.29, 0.717) is 13.1 Å². The number of nitrogens with two attached hydrogens (primary N) is 2. The quantitative estimate of drug-likeness (QED) is 0.659. The fraction of sp³-hybridized carbons (Fsp3) is 1.00. The Kier molecular flexibility index (Phi) is 4.89. The molecule has 80 valence electrons. The van der Waals surface area contributed by atoms with Crippen LogP contribution in [0.25, 0.3) is 0 Å². The summed E-state index contributed by atoms with van der Waals surface area (Å²) in [6, 6.07) is 0. The van der Waals surface area contributed by atoms with Gasteiger partial charge in [0.05, 0.1) is 11.2 Å². The summed E-state index contributed by atoms with van der Waals surface area (Å²) < 4.78 is 5.95. The molecule has 0 aliphatic rings. The summed E-state index contributed by atoms with van der Waals surface area (Å²) in [5.41, 5.74) is 10.7. The smallest absolute Gasteiger partial charge is 0.0645 e. The van der Waals surface area contributed by atoms with Crippen LogP contribution in [0.4, 0.5) is 0 Å². The predicted molar refractivity (Wildman–Crippen MR) is 56.6 cm³/mol. The molecular weight excluding hydrogens is 164 g/mol. The van der Waals surface area contributed by atoms with Gasteiger partial charge in [0.2, 0.25) is 0 Å². The van der Waals surface area contributed by atoms with Crippen LogP contribution in [0.3, 0.4) is 0 Å². The van der Waals surface area contributed by atoms with E-state index in [1.165, 1.54) is 0 Å². The van der Waals surface area contributed by atoms with E-state index in [-0.39, 0.29) is 11.2 Å². The van der Waals surface area contributed by atoms with Crippen LogP contribution in [0.2, 0.25) is 0 Å². The van der Waals surface area contributed by atoms with Crippen molar-refractivity contribution in [1.29, 1.82) is 0 Å². The van der Waals surface area contributed by atoms with Crippen LogP contribution in [0.1, 0.15) is 40.5 Å². The minimum atomic E-state index is -0.145. The van der Waals surface area contributed by atoms with Gasteiger partial charge in [-0.05, 0) is 53.6 Å². The molecule has 0 fully saturated rings. The van der Waals surface area contributed by atoms with Crippen LogP contribution in [0, 0.1) is 0 Å². The highest BCUT2D eigenvalue weighted by atomic mass is 16.5. The molecule has 0 radical (unpaired) electrons. The molecule has 3 heteroatoms. The van der Waals surface area contributed by atoms with Crippen molar-refractivity contribution in [2.45, 2.75) is 51.7 Å². The SMILES string of the molecule is CC(C)(CCN)OC(C)(C)CCN. The summed E-state index contributed by atoms with van der Waals surface area (Å²) in [4.78, 5) is 0. The summed E-state index contributed by atoms with van der Waals surface area (Å²) in [7, 11) is 0. The first-order valence-electron chi connectivity index (χ1n) is 4.93. The third kappa shape index (κ3) is 6.02. The Bertz CT molecular complexity index is 128. The molecule has 0 aliphatic carbocycles. The molecule has 3 nitrogen and oxygen atoms in total. The molecule has 0 aromatic rings. The predicted octanol–water partition coefficient (Wildman–Crippen LogP) is 1.26. The second-order valence-electron chi connectivity index (χ2n) is 4.70. The van der Waals surface area contributed by atoms with Gasteiger partial charge in [-0.25, -0.2) is 0 Å². The van der Waals surface area contributed by atoms with Crippen molar-refractivity contribution in [2.75, 3.05) is 13.1 Å². The Morgan fingerprint density at radius 1 is 0.846 bits per heavy atom. The minimum absolute atomic E-state index is 0.145. The average molecular weight is 188 g/mol. The van der Waals surface area contributed by atoms with Gasteiger partial charge in [0.1, 0.15) is 0 Å². The van der Waals surface area contributed by atoms with Crippen LogP contribution in [-0.2, 0) is 4.74 Å². The lowest BCUT2D eigenvalue weighted by Gasteiger charge is -2.36. The zero-order valence-electron chi connectivity index (χ0n) is 9.39. The molecule has 0 saturated heterocycles. The molecular formula is C10H24N2O. The molecule has 0 aromatic heterocycles. The Morgan fingerprint density at radius 2 is 1.15 bits per heavy atom. The molecule has 4 N–H and O–H groups in total. The van der Waals surface area contributed by atoms with Crippen LogP contribution in [-0.4, -0.2) is 24.3 Å². The molecule has 0 amide bonds. The van der Waals surface area contributed by atoms with Gasteiger partial charge in [0.15, 0.2) is 0 Å². The topological polar surface area (TPSA) is 61.3 Å². The largest absolute Gasteiger partial charge is 0.370 e. The van der Waals surface area contributed by atoms with Crippen LogP contribution in [0.5, 0.6) is 0 Å². The van der Waals surface area contributed by atoms with Crippen molar-refractivity contribution in [3.05, 3.63) is 0 Å². The normalized spacial score (nSPS) is 13.4. The first-order chi connectivity index (χ1) is 5.83. The van der Waals surface area contributed by atoms with E-state index >= 15 is 0 Å². The fourth-order valence-electron chi connectivity index (χ4n) is 1.55. The first kappa shape index (κ1) is 12.9. The highest BCUT2D eigenvalue weighted by Gasteiger charge is 2.27. The molecule has 0 aliphatic heterocycles. The van der Waals surface area contributed by atoms with Crippen molar-refractivity contribution < 1.29 is 4.74 Å². The zero-order chi connectivity index (χ0) is 10.5. The molecule has 0 saturated carbocycles. The van der Waals surface area contributed by atoms with E-state index in [4.69, 9.17) is 16.2 Å². The Balaban J connectivity index is 4.07. The number of hydrogen-bond donors (Lipinski definition) is 2. The summed E-state index contributed by atoms with van der Waals surface area (Å²) in [5.74, 6) is 0. The Labute approximate surface area is 81.8 Å². The Morgan fingerprint density at radius 3 is 1.38 bits per heavy atom. The molecule has 0 unspecified atom stereocenters. The second-order valence-corrected chi connectivity index (χ2v) is 4.70. The number of rotatable bonds is 6. The summed E-state index contributed by atoms with van der Waals surface area (Å²) in [6.45, 7) is 9.59.